The Balaban J connectivity index is 1.52. The van der Waals surface area contributed by atoms with Crippen LogP contribution in [0.2, 0.25) is 0 Å². The van der Waals surface area contributed by atoms with Gasteiger partial charge in [-0.2, -0.15) is 5.48 Å². The largest absolute Gasteiger partial charge is 0.340 e. The van der Waals surface area contributed by atoms with Crippen molar-refractivity contribution in [3.8, 4) is 0 Å². The molecule has 0 aliphatic heterocycles. The Morgan fingerprint density at radius 3 is 2.23 bits per heavy atom. The van der Waals surface area contributed by atoms with Crippen LogP contribution in [0.4, 0.5) is 0 Å². The van der Waals surface area contributed by atoms with E-state index in [0.717, 1.165) is 50.5 Å². The summed E-state index contributed by atoms with van der Waals surface area (Å²) in [4.78, 5) is 55.1. The molecule has 35 heavy (non-hydrogen) atoms. The number of nitrogens with one attached hydrogen (secondary N) is 1. The van der Waals surface area contributed by atoms with Gasteiger partial charge in [0.05, 0.1) is 5.92 Å². The molecule has 6 nitrogen and oxygen atoms in total. The van der Waals surface area contributed by atoms with Crippen LogP contribution in [0.1, 0.15) is 96.5 Å². The van der Waals surface area contributed by atoms with Crippen molar-refractivity contribution in [3.05, 3.63) is 58.2 Å². The Morgan fingerprint density at radius 2 is 1.54 bits per heavy atom. The highest BCUT2D eigenvalue weighted by Crippen LogP contribution is 2.37. The smallest absolute Gasteiger partial charge is 0.335 e. The molecular formula is C29H37NO5. The Bertz CT molecular complexity index is 1010. The van der Waals surface area contributed by atoms with Gasteiger partial charge in [0.25, 0.3) is 5.91 Å². The number of carbonyl (C=O) groups excluding carboxylic acids is 4. The number of benzene rings is 1. The average molecular weight is 480 g/mol. The van der Waals surface area contributed by atoms with Crippen LogP contribution in [0.15, 0.2) is 52.6 Å². The number of hydroxylamine groups is 1. The predicted octanol–water partition coefficient (Wildman–Crippen LogP) is 5.68. The maximum atomic E-state index is 13.2. The summed E-state index contributed by atoms with van der Waals surface area (Å²) in [5.74, 6) is -1.00. The Morgan fingerprint density at radius 1 is 0.886 bits per heavy atom. The third kappa shape index (κ3) is 6.77. The van der Waals surface area contributed by atoms with Crippen molar-refractivity contribution in [2.24, 2.45) is 5.92 Å². The summed E-state index contributed by atoms with van der Waals surface area (Å²) in [5.41, 5.74) is 5.49. The molecule has 2 aliphatic rings. The van der Waals surface area contributed by atoms with E-state index in [1.165, 1.54) is 0 Å². The van der Waals surface area contributed by atoms with Crippen LogP contribution in [0.3, 0.4) is 0 Å². The first-order valence-corrected chi connectivity index (χ1v) is 12.8. The lowest BCUT2D eigenvalue weighted by atomic mass is 9.76. The number of unbranched alkanes of at least 4 members (excludes halogenated alkanes) is 2. The van der Waals surface area contributed by atoms with Crippen molar-refractivity contribution in [3.63, 3.8) is 0 Å². The third-order valence-electron chi connectivity index (χ3n) is 7.38. The highest BCUT2D eigenvalue weighted by molar-refractivity contribution is 6.25. The SMILES string of the molecule is CC1=C(C)C(=O)C(C(CCCCCC(=O)NOC(=O)C2CCCCC2)c2ccccc2)=C(C)C1=O. The third-order valence-corrected chi connectivity index (χ3v) is 7.38. The fourth-order valence-corrected chi connectivity index (χ4v) is 5.09. The highest BCUT2D eigenvalue weighted by Gasteiger charge is 2.33. The van der Waals surface area contributed by atoms with Gasteiger partial charge in [-0.3, -0.25) is 14.4 Å². The maximum absolute atomic E-state index is 13.2. The van der Waals surface area contributed by atoms with E-state index in [-0.39, 0.29) is 41.7 Å². The van der Waals surface area contributed by atoms with E-state index in [9.17, 15) is 19.2 Å². The molecule has 1 saturated carbocycles. The summed E-state index contributed by atoms with van der Waals surface area (Å²) in [6, 6.07) is 9.82. The summed E-state index contributed by atoms with van der Waals surface area (Å²) in [6.45, 7) is 5.19. The van der Waals surface area contributed by atoms with Crippen LogP contribution in [-0.4, -0.2) is 23.4 Å². The van der Waals surface area contributed by atoms with Crippen molar-refractivity contribution in [2.75, 3.05) is 0 Å². The van der Waals surface area contributed by atoms with Gasteiger partial charge >= 0.3 is 5.97 Å². The van der Waals surface area contributed by atoms with Gasteiger partial charge in [0.15, 0.2) is 11.6 Å². The molecule has 0 saturated heterocycles. The van der Waals surface area contributed by atoms with E-state index >= 15 is 0 Å². The Hall–Kier alpha value is -3.02. The summed E-state index contributed by atoms with van der Waals surface area (Å²) < 4.78 is 0. The average Bonchev–Trinajstić information content (AvgIpc) is 2.89. The molecule has 1 aromatic rings. The topological polar surface area (TPSA) is 89.5 Å². The molecule has 0 heterocycles. The monoisotopic (exact) mass is 479 g/mol. The minimum Gasteiger partial charge on any atom is -0.340 e. The second kappa shape index (κ2) is 12.6. The van der Waals surface area contributed by atoms with Gasteiger partial charge in [-0.05, 0) is 52.0 Å². The number of Topliss-reactive ketones (excluding diaryl/α,β-unsaturated/α-hetero) is 2. The molecule has 1 amide bonds. The van der Waals surface area contributed by atoms with Crippen molar-refractivity contribution >= 4 is 23.4 Å². The lowest BCUT2D eigenvalue weighted by Crippen LogP contribution is -2.31. The first kappa shape index (κ1) is 26.6. The lowest BCUT2D eigenvalue weighted by Gasteiger charge is -2.26. The first-order chi connectivity index (χ1) is 16.8. The number of amides is 1. The minimum atomic E-state index is -0.335. The fourth-order valence-electron chi connectivity index (χ4n) is 5.09. The van der Waals surface area contributed by atoms with Gasteiger partial charge in [-0.15, -0.1) is 0 Å². The summed E-state index contributed by atoms with van der Waals surface area (Å²) in [5, 5.41) is 0. The zero-order valence-corrected chi connectivity index (χ0v) is 21.2. The molecule has 1 fully saturated rings. The summed E-state index contributed by atoms with van der Waals surface area (Å²) in [6.07, 6.45) is 8.09. The van der Waals surface area contributed by atoms with E-state index in [1.807, 2.05) is 30.3 Å². The minimum absolute atomic E-state index is 0.0485. The fraction of sp³-hybridized carbons (Fsp3) is 0.517. The maximum Gasteiger partial charge on any atom is 0.335 e. The lowest BCUT2D eigenvalue weighted by molar-refractivity contribution is -0.163. The molecular weight excluding hydrogens is 442 g/mol. The zero-order chi connectivity index (χ0) is 25.4. The van der Waals surface area contributed by atoms with E-state index in [2.05, 4.69) is 5.48 Å². The first-order valence-electron chi connectivity index (χ1n) is 12.8. The standard InChI is InChI=1S/C29H37NO5/c1-19-20(2)28(33)26(21(3)27(19)32)24(22-13-7-4-8-14-22)17-11-6-12-18-25(31)30-35-29(34)23-15-9-5-10-16-23/h4,7-8,13-14,23-24H,5-6,9-12,15-18H2,1-3H3,(H,30,31). The number of ketones is 2. The molecule has 1 aromatic carbocycles. The van der Waals surface area contributed by atoms with Crippen LogP contribution in [0.5, 0.6) is 0 Å². The molecule has 188 valence electrons. The van der Waals surface area contributed by atoms with Crippen molar-refractivity contribution in [1.82, 2.24) is 5.48 Å². The molecule has 3 rings (SSSR count). The molecule has 2 aliphatic carbocycles. The van der Waals surface area contributed by atoms with Crippen LogP contribution in [0.25, 0.3) is 0 Å². The van der Waals surface area contributed by atoms with Crippen molar-refractivity contribution < 1.29 is 24.0 Å². The van der Waals surface area contributed by atoms with Gasteiger partial charge in [0.2, 0.25) is 0 Å². The number of hydrogen-bond acceptors (Lipinski definition) is 5. The van der Waals surface area contributed by atoms with Gasteiger partial charge in [-0.1, -0.05) is 62.4 Å². The number of rotatable bonds is 9. The molecule has 1 atom stereocenters. The zero-order valence-electron chi connectivity index (χ0n) is 21.2. The second-order valence-electron chi connectivity index (χ2n) is 9.79. The molecule has 1 unspecified atom stereocenters. The van der Waals surface area contributed by atoms with Crippen LogP contribution < -0.4 is 5.48 Å². The highest BCUT2D eigenvalue weighted by atomic mass is 16.7. The summed E-state index contributed by atoms with van der Waals surface area (Å²) in [7, 11) is 0. The van der Waals surface area contributed by atoms with E-state index in [1.54, 1.807) is 20.8 Å². The molecule has 0 aromatic heterocycles. The van der Waals surface area contributed by atoms with Crippen LogP contribution in [0, 0.1) is 5.92 Å². The number of allylic oxidation sites excluding steroid dienone is 4. The van der Waals surface area contributed by atoms with Crippen molar-refractivity contribution in [1.29, 1.82) is 0 Å². The molecule has 6 heteroatoms. The number of carbonyl (C=O) groups is 4. The number of hydrogen-bond donors (Lipinski definition) is 1. The van der Waals surface area contributed by atoms with Crippen LogP contribution in [-0.2, 0) is 24.0 Å². The van der Waals surface area contributed by atoms with Gasteiger partial charge < -0.3 is 4.84 Å². The Labute approximate surface area is 208 Å². The molecule has 1 N–H and O–H groups in total. The predicted molar refractivity (Wildman–Crippen MR) is 134 cm³/mol. The normalized spacial score (nSPS) is 18.0. The van der Waals surface area contributed by atoms with E-state index in [4.69, 9.17) is 4.84 Å². The van der Waals surface area contributed by atoms with E-state index in [0.29, 0.717) is 35.1 Å². The van der Waals surface area contributed by atoms with Crippen molar-refractivity contribution in [2.45, 2.75) is 90.9 Å². The molecule has 0 radical (unpaired) electrons. The summed E-state index contributed by atoms with van der Waals surface area (Å²) >= 11 is 0. The Kier molecular flexibility index (Phi) is 9.58. The van der Waals surface area contributed by atoms with Gasteiger partial charge in [0, 0.05) is 34.6 Å². The van der Waals surface area contributed by atoms with Gasteiger partial charge in [0.1, 0.15) is 0 Å². The van der Waals surface area contributed by atoms with Crippen LogP contribution >= 0.6 is 0 Å². The van der Waals surface area contributed by atoms with E-state index < -0.39 is 0 Å². The van der Waals surface area contributed by atoms with Gasteiger partial charge in [-0.25, -0.2) is 4.79 Å². The second-order valence-corrected chi connectivity index (χ2v) is 9.79. The molecule has 0 bridgehead atoms. The quantitative estimate of drug-likeness (QED) is 0.280. The molecule has 0 spiro atoms.